The molecule has 18 heavy (non-hydrogen) atoms. The summed E-state index contributed by atoms with van der Waals surface area (Å²) in [6, 6.07) is 5.84. The highest BCUT2D eigenvalue weighted by Gasteiger charge is 2.19. The number of nitrogens with one attached hydrogen (secondary N) is 1. The largest absolute Gasteiger partial charge is 0.496 e. The number of aliphatic hydroxyl groups excluding tert-OH is 1. The van der Waals surface area contributed by atoms with Gasteiger partial charge in [-0.2, -0.15) is 0 Å². The lowest BCUT2D eigenvalue weighted by Crippen LogP contribution is -2.25. The van der Waals surface area contributed by atoms with Gasteiger partial charge < -0.3 is 15.2 Å². The third-order valence-electron chi connectivity index (χ3n) is 2.71. The lowest BCUT2D eigenvalue weighted by molar-refractivity contribution is -0.123. The Morgan fingerprint density at radius 3 is 2.56 bits per heavy atom. The van der Waals surface area contributed by atoms with Gasteiger partial charge in [0.25, 0.3) is 0 Å². The molecule has 0 spiro atoms. The van der Waals surface area contributed by atoms with Crippen LogP contribution in [0.4, 0.5) is 0 Å². The molecular formula is C14H21NO3. The molecule has 1 aromatic carbocycles. The highest BCUT2D eigenvalue weighted by Crippen LogP contribution is 2.31. The summed E-state index contributed by atoms with van der Waals surface area (Å²) >= 11 is 0. The van der Waals surface area contributed by atoms with Gasteiger partial charge in [0.2, 0.25) is 5.91 Å². The van der Waals surface area contributed by atoms with Crippen LogP contribution in [0.15, 0.2) is 18.2 Å². The zero-order valence-corrected chi connectivity index (χ0v) is 11.4. The lowest BCUT2D eigenvalue weighted by Gasteiger charge is -2.23. The second-order valence-corrected chi connectivity index (χ2v) is 5.22. The average molecular weight is 251 g/mol. The molecule has 1 amide bonds. The summed E-state index contributed by atoms with van der Waals surface area (Å²) in [5.41, 5.74) is 2.06. The van der Waals surface area contributed by atoms with Gasteiger partial charge in [-0.15, -0.1) is 0 Å². The lowest BCUT2D eigenvalue weighted by atomic mass is 9.85. The van der Waals surface area contributed by atoms with Gasteiger partial charge >= 0.3 is 0 Å². The van der Waals surface area contributed by atoms with Crippen LogP contribution in [0.5, 0.6) is 5.75 Å². The maximum Gasteiger partial charge on any atom is 0.245 e. The molecular weight excluding hydrogens is 230 g/mol. The summed E-state index contributed by atoms with van der Waals surface area (Å²) in [5, 5.41) is 11.3. The highest BCUT2D eigenvalue weighted by molar-refractivity contribution is 5.76. The quantitative estimate of drug-likeness (QED) is 0.854. The first-order valence-electron chi connectivity index (χ1n) is 5.93. The second kappa shape index (κ2) is 5.87. The fourth-order valence-corrected chi connectivity index (χ4v) is 1.71. The smallest absolute Gasteiger partial charge is 0.245 e. The van der Waals surface area contributed by atoms with E-state index in [0.29, 0.717) is 6.54 Å². The molecule has 1 aromatic rings. The number of carbonyl (C=O) groups is 1. The van der Waals surface area contributed by atoms with Crippen LogP contribution >= 0.6 is 0 Å². The number of methoxy groups -OCH3 is 1. The van der Waals surface area contributed by atoms with E-state index in [4.69, 9.17) is 9.84 Å². The van der Waals surface area contributed by atoms with Crippen LogP contribution in [-0.2, 0) is 16.8 Å². The zero-order chi connectivity index (χ0) is 13.8. The van der Waals surface area contributed by atoms with Crippen molar-refractivity contribution >= 4 is 5.91 Å². The summed E-state index contributed by atoms with van der Waals surface area (Å²) in [5.74, 6) is 0.475. The fraction of sp³-hybridized carbons (Fsp3) is 0.500. The van der Waals surface area contributed by atoms with E-state index < -0.39 is 6.61 Å². The number of hydrogen-bond donors (Lipinski definition) is 2. The van der Waals surface area contributed by atoms with Crippen LogP contribution in [0.25, 0.3) is 0 Å². The first kappa shape index (κ1) is 14.5. The van der Waals surface area contributed by atoms with Crippen molar-refractivity contribution < 1.29 is 14.6 Å². The number of aliphatic hydroxyl groups is 1. The standard InChI is InChI=1S/C14H21NO3/c1-14(2,3)11-7-10(5-6-12(11)18-4)8-15-13(17)9-16/h5-7,16H,8-9H2,1-4H3,(H,15,17). The summed E-state index contributed by atoms with van der Waals surface area (Å²) in [7, 11) is 1.65. The zero-order valence-electron chi connectivity index (χ0n) is 11.4. The van der Waals surface area contributed by atoms with Crippen LogP contribution in [-0.4, -0.2) is 24.7 Å². The molecule has 0 aliphatic rings. The van der Waals surface area contributed by atoms with Gasteiger partial charge in [-0.05, 0) is 28.7 Å². The van der Waals surface area contributed by atoms with Crippen molar-refractivity contribution in [1.82, 2.24) is 5.32 Å². The van der Waals surface area contributed by atoms with Crippen LogP contribution in [0.3, 0.4) is 0 Å². The Hall–Kier alpha value is -1.55. The number of ether oxygens (including phenoxy) is 1. The van der Waals surface area contributed by atoms with Crippen LogP contribution in [0, 0.1) is 0 Å². The van der Waals surface area contributed by atoms with E-state index in [9.17, 15) is 4.79 Å². The van der Waals surface area contributed by atoms with Gasteiger partial charge in [-0.3, -0.25) is 4.79 Å². The molecule has 0 atom stereocenters. The van der Waals surface area contributed by atoms with Gasteiger partial charge in [0.1, 0.15) is 12.4 Å². The Balaban J connectivity index is 2.93. The van der Waals surface area contributed by atoms with Gasteiger partial charge in [0.05, 0.1) is 7.11 Å². The van der Waals surface area contributed by atoms with E-state index in [2.05, 4.69) is 26.1 Å². The monoisotopic (exact) mass is 251 g/mol. The van der Waals surface area contributed by atoms with Crippen LogP contribution in [0.2, 0.25) is 0 Å². The van der Waals surface area contributed by atoms with Crippen LogP contribution < -0.4 is 10.1 Å². The maximum absolute atomic E-state index is 11.0. The highest BCUT2D eigenvalue weighted by atomic mass is 16.5. The molecule has 0 aliphatic carbocycles. The first-order valence-corrected chi connectivity index (χ1v) is 5.93. The summed E-state index contributed by atoms with van der Waals surface area (Å²) in [6.07, 6.45) is 0. The van der Waals surface area contributed by atoms with Gasteiger partial charge in [-0.1, -0.05) is 26.8 Å². The predicted molar refractivity (Wildman–Crippen MR) is 70.6 cm³/mol. The average Bonchev–Trinajstić information content (AvgIpc) is 2.34. The Labute approximate surface area is 108 Å². The molecule has 0 aromatic heterocycles. The third kappa shape index (κ3) is 3.74. The maximum atomic E-state index is 11.0. The fourth-order valence-electron chi connectivity index (χ4n) is 1.71. The molecule has 0 radical (unpaired) electrons. The normalized spacial score (nSPS) is 11.2. The molecule has 0 aliphatic heterocycles. The van der Waals surface area contributed by atoms with Crippen molar-refractivity contribution in [1.29, 1.82) is 0 Å². The summed E-state index contributed by atoms with van der Waals surface area (Å²) < 4.78 is 5.35. The minimum Gasteiger partial charge on any atom is -0.496 e. The van der Waals surface area contributed by atoms with Gasteiger partial charge in [0, 0.05) is 6.54 Å². The molecule has 100 valence electrons. The van der Waals surface area contributed by atoms with E-state index in [1.165, 1.54) is 0 Å². The Bertz CT molecular complexity index is 422. The van der Waals surface area contributed by atoms with Crippen molar-refractivity contribution in [3.8, 4) is 5.75 Å². The number of benzene rings is 1. The van der Waals surface area contributed by atoms with Crippen LogP contribution in [0.1, 0.15) is 31.9 Å². The SMILES string of the molecule is COc1ccc(CNC(=O)CO)cc1C(C)(C)C. The Kier molecular flexibility index (Phi) is 4.73. The molecule has 0 heterocycles. The number of amides is 1. The molecule has 0 unspecified atom stereocenters. The van der Waals surface area contributed by atoms with Crippen molar-refractivity contribution in [2.45, 2.75) is 32.7 Å². The summed E-state index contributed by atoms with van der Waals surface area (Å²) in [6.45, 7) is 6.26. The van der Waals surface area contributed by atoms with E-state index in [-0.39, 0.29) is 11.3 Å². The van der Waals surface area contributed by atoms with E-state index in [1.807, 2.05) is 18.2 Å². The molecule has 2 N–H and O–H groups in total. The molecule has 0 saturated carbocycles. The molecule has 0 fully saturated rings. The second-order valence-electron chi connectivity index (χ2n) is 5.22. The molecule has 4 heteroatoms. The molecule has 0 saturated heterocycles. The molecule has 1 rings (SSSR count). The molecule has 4 nitrogen and oxygen atoms in total. The number of hydrogen-bond acceptors (Lipinski definition) is 3. The Morgan fingerprint density at radius 1 is 1.39 bits per heavy atom. The topological polar surface area (TPSA) is 58.6 Å². The van der Waals surface area contributed by atoms with Crippen molar-refractivity contribution in [3.63, 3.8) is 0 Å². The Morgan fingerprint density at radius 2 is 2.06 bits per heavy atom. The van der Waals surface area contributed by atoms with E-state index in [1.54, 1.807) is 7.11 Å². The number of carbonyl (C=O) groups excluding carboxylic acids is 1. The molecule has 0 bridgehead atoms. The van der Waals surface area contributed by atoms with E-state index in [0.717, 1.165) is 16.9 Å². The minimum atomic E-state index is -0.484. The van der Waals surface area contributed by atoms with Crippen molar-refractivity contribution in [2.75, 3.05) is 13.7 Å². The van der Waals surface area contributed by atoms with Crippen molar-refractivity contribution in [2.24, 2.45) is 0 Å². The van der Waals surface area contributed by atoms with Crippen molar-refractivity contribution in [3.05, 3.63) is 29.3 Å². The minimum absolute atomic E-state index is 0.0255. The first-order chi connectivity index (χ1) is 8.38. The number of rotatable bonds is 4. The predicted octanol–water partition coefficient (Wildman–Crippen LogP) is 1.60. The summed E-state index contributed by atoms with van der Waals surface area (Å²) in [4.78, 5) is 11.0. The van der Waals surface area contributed by atoms with E-state index >= 15 is 0 Å². The van der Waals surface area contributed by atoms with Gasteiger partial charge in [-0.25, -0.2) is 0 Å². The third-order valence-corrected chi connectivity index (χ3v) is 2.71. The van der Waals surface area contributed by atoms with Gasteiger partial charge in [0.15, 0.2) is 0 Å².